The molecule has 0 unspecified atom stereocenters. The Morgan fingerprint density at radius 3 is 2.15 bits per heavy atom. The van der Waals surface area contributed by atoms with Crippen molar-refractivity contribution >= 4 is 0 Å². The highest BCUT2D eigenvalue weighted by molar-refractivity contribution is 4.96. The van der Waals surface area contributed by atoms with Crippen molar-refractivity contribution in [2.75, 3.05) is 6.61 Å². The minimum absolute atomic E-state index is 0.102. The molecule has 0 aromatic carbocycles. The first-order valence-electron chi connectivity index (χ1n) is 5.57. The normalized spacial score (nSPS) is 30.0. The molecule has 76 valence electrons. The van der Waals surface area contributed by atoms with Gasteiger partial charge in [0, 0.05) is 5.41 Å². The van der Waals surface area contributed by atoms with E-state index in [0.717, 1.165) is 12.8 Å². The summed E-state index contributed by atoms with van der Waals surface area (Å²) in [6.45, 7) is 0.185. The van der Waals surface area contributed by atoms with Crippen molar-refractivity contribution in [2.24, 2.45) is 11.3 Å². The Labute approximate surface area is 80.0 Å². The molecule has 2 N–H and O–H groups in total. The third kappa shape index (κ3) is 1.50. The second kappa shape index (κ2) is 3.58. The average molecular weight is 184 g/mol. The van der Waals surface area contributed by atoms with Crippen LogP contribution in [0.25, 0.3) is 0 Å². The molecule has 0 radical (unpaired) electrons. The molecule has 2 aliphatic rings. The van der Waals surface area contributed by atoms with E-state index in [1.807, 2.05) is 0 Å². The molecule has 2 saturated carbocycles. The van der Waals surface area contributed by atoms with Crippen molar-refractivity contribution in [3.63, 3.8) is 0 Å². The van der Waals surface area contributed by atoms with E-state index in [9.17, 15) is 10.2 Å². The SMILES string of the molecule is OCC1([C@@H](O)C2CCCC2)CCC1. The zero-order chi connectivity index (χ0) is 9.31. The lowest BCUT2D eigenvalue weighted by Gasteiger charge is -2.46. The minimum atomic E-state index is -0.228. The Morgan fingerprint density at radius 1 is 1.15 bits per heavy atom. The van der Waals surface area contributed by atoms with Gasteiger partial charge in [-0.15, -0.1) is 0 Å². The van der Waals surface area contributed by atoms with Gasteiger partial charge in [-0.1, -0.05) is 19.3 Å². The molecule has 0 bridgehead atoms. The van der Waals surface area contributed by atoms with Crippen molar-refractivity contribution in [3.8, 4) is 0 Å². The molecule has 0 heterocycles. The number of aliphatic hydroxyl groups is 2. The van der Waals surface area contributed by atoms with Crippen LogP contribution < -0.4 is 0 Å². The fourth-order valence-corrected chi connectivity index (χ4v) is 2.95. The van der Waals surface area contributed by atoms with E-state index in [0.29, 0.717) is 5.92 Å². The van der Waals surface area contributed by atoms with Crippen molar-refractivity contribution in [1.82, 2.24) is 0 Å². The van der Waals surface area contributed by atoms with Crippen LogP contribution >= 0.6 is 0 Å². The lowest BCUT2D eigenvalue weighted by Crippen LogP contribution is -2.47. The Hall–Kier alpha value is -0.0800. The first kappa shape index (κ1) is 9.47. The molecule has 0 saturated heterocycles. The second-order valence-electron chi connectivity index (χ2n) is 4.86. The summed E-state index contributed by atoms with van der Waals surface area (Å²) in [5.41, 5.74) is -0.102. The van der Waals surface area contributed by atoms with Crippen LogP contribution in [-0.2, 0) is 0 Å². The third-order valence-corrected chi connectivity index (χ3v) is 4.14. The maximum atomic E-state index is 10.2. The third-order valence-electron chi connectivity index (χ3n) is 4.14. The molecular formula is C11H20O2. The van der Waals surface area contributed by atoms with Crippen molar-refractivity contribution in [1.29, 1.82) is 0 Å². The fraction of sp³-hybridized carbons (Fsp3) is 1.00. The van der Waals surface area contributed by atoms with Gasteiger partial charge >= 0.3 is 0 Å². The van der Waals surface area contributed by atoms with Crippen LogP contribution in [0.4, 0.5) is 0 Å². The van der Waals surface area contributed by atoms with Crippen molar-refractivity contribution < 1.29 is 10.2 Å². The quantitative estimate of drug-likeness (QED) is 0.701. The Bertz CT molecular complexity index is 163. The van der Waals surface area contributed by atoms with Crippen LogP contribution in [-0.4, -0.2) is 22.9 Å². The topological polar surface area (TPSA) is 40.5 Å². The van der Waals surface area contributed by atoms with Crippen LogP contribution in [0.3, 0.4) is 0 Å². The summed E-state index contributed by atoms with van der Waals surface area (Å²) in [5, 5.41) is 19.5. The molecule has 0 spiro atoms. The van der Waals surface area contributed by atoms with Gasteiger partial charge in [0.1, 0.15) is 0 Å². The molecule has 2 nitrogen and oxygen atoms in total. The summed E-state index contributed by atoms with van der Waals surface area (Å²) in [4.78, 5) is 0. The second-order valence-corrected chi connectivity index (χ2v) is 4.86. The highest BCUT2D eigenvalue weighted by Gasteiger charge is 2.46. The van der Waals surface area contributed by atoms with E-state index in [1.165, 1.54) is 32.1 Å². The zero-order valence-corrected chi connectivity index (χ0v) is 8.21. The molecule has 13 heavy (non-hydrogen) atoms. The van der Waals surface area contributed by atoms with Crippen LogP contribution in [0.5, 0.6) is 0 Å². The van der Waals surface area contributed by atoms with E-state index >= 15 is 0 Å². The minimum Gasteiger partial charge on any atom is -0.396 e. The maximum absolute atomic E-state index is 10.2. The van der Waals surface area contributed by atoms with Gasteiger partial charge in [0.25, 0.3) is 0 Å². The standard InChI is InChI=1S/C11H20O2/c12-8-11(6-3-7-11)10(13)9-4-1-2-5-9/h9-10,12-13H,1-8H2/t10-/m0/s1. The summed E-state index contributed by atoms with van der Waals surface area (Å²) in [5.74, 6) is 0.479. The molecule has 0 aliphatic heterocycles. The summed E-state index contributed by atoms with van der Waals surface area (Å²) >= 11 is 0. The van der Waals surface area contributed by atoms with Gasteiger partial charge in [0.05, 0.1) is 12.7 Å². The largest absolute Gasteiger partial charge is 0.396 e. The van der Waals surface area contributed by atoms with Gasteiger partial charge in [0.15, 0.2) is 0 Å². The predicted octanol–water partition coefficient (Wildman–Crippen LogP) is 1.70. The molecule has 0 amide bonds. The maximum Gasteiger partial charge on any atom is 0.0646 e. The molecule has 0 aromatic heterocycles. The summed E-state index contributed by atoms with van der Waals surface area (Å²) in [6, 6.07) is 0. The first-order valence-corrected chi connectivity index (χ1v) is 5.57. The number of aliphatic hydroxyl groups excluding tert-OH is 2. The molecule has 2 rings (SSSR count). The zero-order valence-electron chi connectivity index (χ0n) is 8.21. The van der Waals surface area contributed by atoms with Gasteiger partial charge < -0.3 is 10.2 Å². The van der Waals surface area contributed by atoms with Crippen LogP contribution in [0, 0.1) is 11.3 Å². The van der Waals surface area contributed by atoms with Gasteiger partial charge in [-0.2, -0.15) is 0 Å². The number of rotatable bonds is 3. The molecule has 1 atom stereocenters. The first-order chi connectivity index (χ1) is 6.28. The lowest BCUT2D eigenvalue weighted by molar-refractivity contribution is -0.0967. The smallest absolute Gasteiger partial charge is 0.0646 e. The summed E-state index contributed by atoms with van der Waals surface area (Å²) in [6.07, 6.45) is 7.89. The van der Waals surface area contributed by atoms with E-state index in [1.54, 1.807) is 0 Å². The van der Waals surface area contributed by atoms with E-state index in [-0.39, 0.29) is 18.1 Å². The monoisotopic (exact) mass is 184 g/mol. The predicted molar refractivity (Wildman–Crippen MR) is 51.3 cm³/mol. The van der Waals surface area contributed by atoms with Gasteiger partial charge in [-0.05, 0) is 31.6 Å². The average Bonchev–Trinajstić information content (AvgIpc) is 2.54. The van der Waals surface area contributed by atoms with E-state index in [2.05, 4.69) is 0 Å². The van der Waals surface area contributed by atoms with Gasteiger partial charge in [0.2, 0.25) is 0 Å². The van der Waals surface area contributed by atoms with E-state index in [4.69, 9.17) is 0 Å². The Kier molecular flexibility index (Phi) is 2.61. The lowest BCUT2D eigenvalue weighted by atomic mass is 9.62. The highest BCUT2D eigenvalue weighted by atomic mass is 16.3. The fourth-order valence-electron chi connectivity index (χ4n) is 2.95. The number of hydrogen-bond donors (Lipinski definition) is 2. The van der Waals surface area contributed by atoms with Crippen molar-refractivity contribution in [3.05, 3.63) is 0 Å². The van der Waals surface area contributed by atoms with Crippen molar-refractivity contribution in [2.45, 2.75) is 51.0 Å². The molecule has 2 fully saturated rings. The number of hydrogen-bond acceptors (Lipinski definition) is 2. The highest BCUT2D eigenvalue weighted by Crippen LogP contribution is 2.48. The van der Waals surface area contributed by atoms with E-state index < -0.39 is 0 Å². The Balaban J connectivity index is 1.97. The Morgan fingerprint density at radius 2 is 1.77 bits per heavy atom. The van der Waals surface area contributed by atoms with Gasteiger partial charge in [-0.25, -0.2) is 0 Å². The summed E-state index contributed by atoms with van der Waals surface area (Å²) < 4.78 is 0. The summed E-state index contributed by atoms with van der Waals surface area (Å²) in [7, 11) is 0. The molecule has 0 aromatic rings. The molecular weight excluding hydrogens is 164 g/mol. The van der Waals surface area contributed by atoms with Crippen LogP contribution in [0.2, 0.25) is 0 Å². The van der Waals surface area contributed by atoms with Gasteiger partial charge in [-0.3, -0.25) is 0 Å². The molecule has 2 heteroatoms. The van der Waals surface area contributed by atoms with Crippen LogP contribution in [0.1, 0.15) is 44.9 Å². The molecule has 2 aliphatic carbocycles. The van der Waals surface area contributed by atoms with Crippen LogP contribution in [0.15, 0.2) is 0 Å².